The highest BCUT2D eigenvalue weighted by molar-refractivity contribution is 5.98. The van der Waals surface area contributed by atoms with Crippen molar-refractivity contribution in [2.75, 3.05) is 7.05 Å². The Bertz CT molecular complexity index is 396. The largest absolute Gasteiger partial charge is 0.337 e. The smallest absolute Gasteiger partial charge is 0.254 e. The normalized spacial score (nSPS) is 14.9. The van der Waals surface area contributed by atoms with Crippen LogP contribution >= 0.6 is 0 Å². The molecule has 1 aliphatic heterocycles. The molecule has 2 rings (SSSR count). The van der Waals surface area contributed by atoms with Crippen LogP contribution in [0.25, 0.3) is 0 Å². The van der Waals surface area contributed by atoms with Gasteiger partial charge in [-0.1, -0.05) is 26.0 Å². The molecule has 0 aliphatic carbocycles. The highest BCUT2D eigenvalue weighted by Gasteiger charge is 2.23. The molecule has 0 saturated heterocycles. The van der Waals surface area contributed by atoms with Gasteiger partial charge in [-0.15, -0.1) is 0 Å². The monoisotopic (exact) mass is 203 g/mol. The van der Waals surface area contributed by atoms with Gasteiger partial charge in [0.25, 0.3) is 5.91 Å². The Hall–Kier alpha value is -1.31. The van der Waals surface area contributed by atoms with Gasteiger partial charge in [0.15, 0.2) is 0 Å². The quantitative estimate of drug-likeness (QED) is 0.723. The Morgan fingerprint density at radius 1 is 1.40 bits per heavy atom. The summed E-state index contributed by atoms with van der Waals surface area (Å²) < 4.78 is 0. The van der Waals surface area contributed by atoms with Crippen LogP contribution in [-0.2, 0) is 13.0 Å². The molecule has 1 amide bonds. The highest BCUT2D eigenvalue weighted by Crippen LogP contribution is 2.23. The van der Waals surface area contributed by atoms with Crippen LogP contribution in [0.5, 0.6) is 0 Å². The molecule has 0 saturated carbocycles. The zero-order chi connectivity index (χ0) is 11.0. The molecular weight excluding hydrogens is 186 g/mol. The minimum Gasteiger partial charge on any atom is -0.337 e. The Morgan fingerprint density at radius 3 is 2.80 bits per heavy atom. The predicted molar refractivity (Wildman–Crippen MR) is 60.8 cm³/mol. The van der Waals surface area contributed by atoms with Crippen molar-refractivity contribution in [3.8, 4) is 0 Å². The molecule has 2 heteroatoms. The van der Waals surface area contributed by atoms with E-state index in [2.05, 4.69) is 26.0 Å². The van der Waals surface area contributed by atoms with Gasteiger partial charge < -0.3 is 4.90 Å². The summed E-state index contributed by atoms with van der Waals surface area (Å²) in [4.78, 5) is 13.4. The lowest BCUT2D eigenvalue weighted by molar-refractivity contribution is 0.0816. The van der Waals surface area contributed by atoms with Crippen LogP contribution < -0.4 is 0 Å². The van der Waals surface area contributed by atoms with Crippen LogP contribution in [0.1, 0.15) is 35.3 Å². The molecular formula is C13H17NO. The average molecular weight is 203 g/mol. The maximum absolute atomic E-state index is 11.7. The molecule has 1 heterocycles. The summed E-state index contributed by atoms with van der Waals surface area (Å²) in [7, 11) is 1.85. The summed E-state index contributed by atoms with van der Waals surface area (Å²) >= 11 is 0. The van der Waals surface area contributed by atoms with Gasteiger partial charge in [-0.05, 0) is 29.5 Å². The highest BCUT2D eigenvalue weighted by atomic mass is 16.2. The van der Waals surface area contributed by atoms with Crippen molar-refractivity contribution in [3.05, 3.63) is 34.9 Å². The number of carbonyl (C=O) groups is 1. The van der Waals surface area contributed by atoms with Crippen molar-refractivity contribution < 1.29 is 4.79 Å². The number of carbonyl (C=O) groups excluding carboxylic acids is 1. The molecule has 1 aromatic carbocycles. The van der Waals surface area contributed by atoms with Crippen LogP contribution in [0.2, 0.25) is 0 Å². The van der Waals surface area contributed by atoms with E-state index in [0.717, 1.165) is 18.5 Å². The number of hydrogen-bond acceptors (Lipinski definition) is 1. The molecule has 0 spiro atoms. The van der Waals surface area contributed by atoms with E-state index in [1.54, 1.807) is 4.90 Å². The van der Waals surface area contributed by atoms with Gasteiger partial charge in [-0.25, -0.2) is 0 Å². The first-order valence-corrected chi connectivity index (χ1v) is 5.45. The van der Waals surface area contributed by atoms with Crippen molar-refractivity contribution in [2.45, 2.75) is 26.8 Å². The van der Waals surface area contributed by atoms with E-state index in [1.165, 1.54) is 11.1 Å². The number of benzene rings is 1. The second kappa shape index (κ2) is 3.69. The predicted octanol–water partition coefficient (Wildman–Crippen LogP) is 2.47. The van der Waals surface area contributed by atoms with Crippen molar-refractivity contribution in [1.82, 2.24) is 4.90 Å². The van der Waals surface area contributed by atoms with Gasteiger partial charge in [-0.3, -0.25) is 4.79 Å². The van der Waals surface area contributed by atoms with Gasteiger partial charge in [-0.2, -0.15) is 0 Å². The molecule has 0 radical (unpaired) electrons. The van der Waals surface area contributed by atoms with E-state index >= 15 is 0 Å². The third-order valence-corrected chi connectivity index (χ3v) is 2.80. The second-order valence-corrected chi connectivity index (χ2v) is 4.75. The number of fused-ring (bicyclic) bond motifs is 1. The zero-order valence-electron chi connectivity index (χ0n) is 9.58. The fraction of sp³-hybridized carbons (Fsp3) is 0.462. The van der Waals surface area contributed by atoms with Crippen molar-refractivity contribution in [3.63, 3.8) is 0 Å². The molecule has 0 aromatic heterocycles. The molecule has 0 atom stereocenters. The molecule has 80 valence electrons. The average Bonchev–Trinajstić information content (AvgIpc) is 2.41. The molecule has 0 bridgehead atoms. The summed E-state index contributed by atoms with van der Waals surface area (Å²) in [6, 6.07) is 6.23. The number of nitrogens with zero attached hydrogens (tertiary/aromatic N) is 1. The first-order chi connectivity index (χ1) is 7.08. The third kappa shape index (κ3) is 1.89. The SMILES string of the molecule is CC(C)Cc1ccc2c(c1)CN(C)C2=O. The number of hydrogen-bond donors (Lipinski definition) is 0. The maximum Gasteiger partial charge on any atom is 0.254 e. The topological polar surface area (TPSA) is 20.3 Å². The summed E-state index contributed by atoms with van der Waals surface area (Å²) in [5.41, 5.74) is 3.40. The number of amides is 1. The fourth-order valence-electron chi connectivity index (χ4n) is 2.12. The van der Waals surface area contributed by atoms with E-state index < -0.39 is 0 Å². The van der Waals surface area contributed by atoms with Crippen molar-refractivity contribution in [1.29, 1.82) is 0 Å². The van der Waals surface area contributed by atoms with Crippen LogP contribution in [-0.4, -0.2) is 17.9 Å². The summed E-state index contributed by atoms with van der Waals surface area (Å²) in [5.74, 6) is 0.819. The van der Waals surface area contributed by atoms with Gasteiger partial charge in [0.1, 0.15) is 0 Å². The lowest BCUT2D eigenvalue weighted by Gasteiger charge is -2.06. The fourth-order valence-corrected chi connectivity index (χ4v) is 2.12. The number of rotatable bonds is 2. The molecule has 1 aromatic rings. The van der Waals surface area contributed by atoms with Crippen LogP contribution in [0, 0.1) is 5.92 Å². The molecule has 0 fully saturated rings. The maximum atomic E-state index is 11.7. The standard InChI is InChI=1S/C13H17NO/c1-9(2)6-10-4-5-12-11(7-10)8-14(3)13(12)15/h4-5,7,9H,6,8H2,1-3H3. The first-order valence-electron chi connectivity index (χ1n) is 5.45. The molecule has 0 N–H and O–H groups in total. The van der Waals surface area contributed by atoms with Gasteiger partial charge in [0.2, 0.25) is 0 Å². The summed E-state index contributed by atoms with van der Waals surface area (Å²) in [6.45, 7) is 5.19. The van der Waals surface area contributed by atoms with Crippen molar-refractivity contribution in [2.24, 2.45) is 5.92 Å². The van der Waals surface area contributed by atoms with E-state index in [1.807, 2.05) is 13.1 Å². The molecule has 0 unspecified atom stereocenters. The van der Waals surface area contributed by atoms with Gasteiger partial charge >= 0.3 is 0 Å². The van der Waals surface area contributed by atoms with E-state index in [-0.39, 0.29) is 5.91 Å². The Morgan fingerprint density at radius 2 is 2.13 bits per heavy atom. The van der Waals surface area contributed by atoms with Crippen LogP contribution in [0.3, 0.4) is 0 Å². The Balaban J connectivity index is 2.29. The third-order valence-electron chi connectivity index (χ3n) is 2.80. The van der Waals surface area contributed by atoms with E-state index in [9.17, 15) is 4.79 Å². The second-order valence-electron chi connectivity index (χ2n) is 4.75. The van der Waals surface area contributed by atoms with Gasteiger partial charge in [0.05, 0.1) is 0 Å². The first kappa shape index (κ1) is 10.2. The minimum absolute atomic E-state index is 0.154. The van der Waals surface area contributed by atoms with Gasteiger partial charge in [0, 0.05) is 19.2 Å². The molecule has 1 aliphatic rings. The van der Waals surface area contributed by atoms with E-state index in [0.29, 0.717) is 5.92 Å². The summed E-state index contributed by atoms with van der Waals surface area (Å²) in [6.07, 6.45) is 1.09. The molecule has 15 heavy (non-hydrogen) atoms. The van der Waals surface area contributed by atoms with E-state index in [4.69, 9.17) is 0 Å². The lowest BCUT2D eigenvalue weighted by atomic mass is 9.99. The Labute approximate surface area is 90.9 Å². The van der Waals surface area contributed by atoms with Crippen LogP contribution in [0.15, 0.2) is 18.2 Å². The summed E-state index contributed by atoms with van der Waals surface area (Å²) in [5, 5.41) is 0. The van der Waals surface area contributed by atoms with Crippen molar-refractivity contribution >= 4 is 5.91 Å². The lowest BCUT2D eigenvalue weighted by Crippen LogP contribution is -2.17. The molecule has 2 nitrogen and oxygen atoms in total. The minimum atomic E-state index is 0.154. The zero-order valence-corrected chi connectivity index (χ0v) is 9.58. The Kier molecular flexibility index (Phi) is 2.51. The van der Waals surface area contributed by atoms with Crippen LogP contribution in [0.4, 0.5) is 0 Å².